The zero-order valence-electron chi connectivity index (χ0n) is 17.0. The second-order valence-electron chi connectivity index (χ2n) is 8.46. The maximum Gasteiger partial charge on any atom is 0.109 e. The van der Waals surface area contributed by atoms with Crippen molar-refractivity contribution in [2.45, 2.75) is 0 Å². The van der Waals surface area contributed by atoms with Gasteiger partial charge in [0.05, 0.1) is 21.6 Å². The van der Waals surface area contributed by atoms with Gasteiger partial charge in [0.15, 0.2) is 0 Å². The van der Waals surface area contributed by atoms with Crippen molar-refractivity contribution in [2.24, 2.45) is 0 Å². The van der Waals surface area contributed by atoms with E-state index < -0.39 is 0 Å². The van der Waals surface area contributed by atoms with Crippen LogP contribution in [0, 0.1) is 0 Å². The topological polar surface area (TPSA) is 17.3 Å². The molecular weight excluding hydrogens is 408 g/mol. The third kappa shape index (κ3) is 2.02. The highest BCUT2D eigenvalue weighted by atomic mass is 32.1. The van der Waals surface area contributed by atoms with Crippen LogP contribution in [0.5, 0.6) is 0 Å². The van der Waals surface area contributed by atoms with E-state index >= 15 is 0 Å². The molecule has 8 aromatic rings. The van der Waals surface area contributed by atoms with Gasteiger partial charge in [-0.15, -0.1) is 11.3 Å². The summed E-state index contributed by atoms with van der Waals surface area (Å²) in [7, 11) is 0. The molecule has 0 saturated carbocycles. The van der Waals surface area contributed by atoms with Crippen LogP contribution in [0.15, 0.2) is 97.2 Å². The Kier molecular flexibility index (Phi) is 3.05. The van der Waals surface area contributed by atoms with E-state index in [4.69, 9.17) is 4.98 Å². The smallest absolute Gasteiger partial charge is 0.109 e. The molecule has 0 radical (unpaired) electrons. The second-order valence-corrected chi connectivity index (χ2v) is 9.49. The minimum Gasteiger partial charge on any atom is -0.299 e. The molecule has 4 aromatic carbocycles. The van der Waals surface area contributed by atoms with Gasteiger partial charge < -0.3 is 0 Å². The normalized spacial score (nSPS) is 12.4. The van der Waals surface area contributed by atoms with Gasteiger partial charge in [-0.1, -0.05) is 66.7 Å². The Hall–Kier alpha value is -3.95. The molecule has 0 aliphatic heterocycles. The van der Waals surface area contributed by atoms with Crippen molar-refractivity contribution in [1.29, 1.82) is 0 Å². The second kappa shape index (κ2) is 5.84. The van der Waals surface area contributed by atoms with E-state index in [1.54, 1.807) is 0 Å². The van der Waals surface area contributed by atoms with Crippen molar-refractivity contribution >= 4 is 70.3 Å². The van der Waals surface area contributed by atoms with Gasteiger partial charge >= 0.3 is 0 Å². The van der Waals surface area contributed by atoms with Crippen LogP contribution in [0.25, 0.3) is 69.5 Å². The third-order valence-electron chi connectivity index (χ3n) is 6.77. The molecule has 148 valence electrons. The molecule has 0 spiro atoms. The fourth-order valence-corrected chi connectivity index (χ4v) is 6.56. The highest BCUT2D eigenvalue weighted by Gasteiger charge is 2.20. The van der Waals surface area contributed by atoms with Crippen LogP contribution in [0.3, 0.4) is 0 Å². The average Bonchev–Trinajstić information content (AvgIpc) is 3.49. The van der Waals surface area contributed by atoms with Gasteiger partial charge in [-0.25, -0.2) is 0 Å². The molecule has 0 N–H and O–H groups in total. The summed E-state index contributed by atoms with van der Waals surface area (Å²) in [5.74, 6) is 0. The molecular formula is C29H16N2S. The lowest BCUT2D eigenvalue weighted by atomic mass is 10.0. The van der Waals surface area contributed by atoms with Crippen molar-refractivity contribution in [3.05, 3.63) is 97.2 Å². The molecule has 8 rings (SSSR count). The van der Waals surface area contributed by atoms with Gasteiger partial charge in [0, 0.05) is 33.1 Å². The number of pyridine rings is 1. The number of nitrogens with zero attached hydrogens (tertiary/aromatic N) is 2. The minimum absolute atomic E-state index is 1.07. The van der Waals surface area contributed by atoms with Gasteiger partial charge in [0.25, 0.3) is 0 Å². The van der Waals surface area contributed by atoms with E-state index in [1.807, 2.05) is 17.5 Å². The molecule has 0 unspecified atom stereocenters. The first kappa shape index (κ1) is 16.7. The van der Waals surface area contributed by atoms with Crippen molar-refractivity contribution in [3.63, 3.8) is 0 Å². The molecule has 0 aliphatic rings. The van der Waals surface area contributed by atoms with Crippen LogP contribution < -0.4 is 0 Å². The number of hydrogen-bond donors (Lipinski definition) is 0. The summed E-state index contributed by atoms with van der Waals surface area (Å²) in [6, 6.07) is 33.0. The van der Waals surface area contributed by atoms with E-state index in [0.29, 0.717) is 0 Å². The number of aromatic nitrogens is 2. The van der Waals surface area contributed by atoms with Crippen LogP contribution in [-0.4, -0.2) is 9.38 Å². The summed E-state index contributed by atoms with van der Waals surface area (Å²) in [4.78, 5) is 7.30. The van der Waals surface area contributed by atoms with Crippen LogP contribution in [0.2, 0.25) is 0 Å². The van der Waals surface area contributed by atoms with Crippen molar-refractivity contribution in [3.8, 4) is 10.6 Å². The lowest BCUT2D eigenvalue weighted by Crippen LogP contribution is -1.82. The van der Waals surface area contributed by atoms with Gasteiger partial charge in [0.2, 0.25) is 0 Å². The number of benzene rings is 4. The molecule has 0 fully saturated rings. The standard InChI is InChI=1S/C29H16N2S/c1-2-8-19-15-25-23(14-18(19)7-1)21-10-5-11-22-24-16-26(32-29(24)31(25)28(21)22)27-20-9-4-3-6-17(20)12-13-30-27/h1-16H. The third-order valence-corrected chi connectivity index (χ3v) is 7.89. The van der Waals surface area contributed by atoms with Crippen molar-refractivity contribution in [1.82, 2.24) is 9.38 Å². The molecule has 4 heterocycles. The summed E-state index contributed by atoms with van der Waals surface area (Å²) in [6.07, 6.45) is 1.92. The molecule has 0 aliphatic carbocycles. The Bertz CT molecular complexity index is 1980. The molecule has 2 nitrogen and oxygen atoms in total. The van der Waals surface area contributed by atoms with Crippen molar-refractivity contribution < 1.29 is 0 Å². The van der Waals surface area contributed by atoms with Crippen molar-refractivity contribution in [2.75, 3.05) is 0 Å². The van der Waals surface area contributed by atoms with E-state index in [1.165, 1.54) is 63.8 Å². The number of para-hydroxylation sites is 1. The Morgan fingerprint density at radius 2 is 1.31 bits per heavy atom. The quantitative estimate of drug-likeness (QED) is 0.259. The molecule has 0 amide bonds. The molecule has 32 heavy (non-hydrogen) atoms. The Morgan fingerprint density at radius 1 is 0.594 bits per heavy atom. The zero-order chi connectivity index (χ0) is 20.8. The van der Waals surface area contributed by atoms with E-state index in [0.717, 1.165) is 5.69 Å². The Labute approximate surface area is 187 Å². The monoisotopic (exact) mass is 424 g/mol. The first-order chi connectivity index (χ1) is 15.9. The number of rotatable bonds is 1. The van der Waals surface area contributed by atoms with Crippen LogP contribution in [0.1, 0.15) is 0 Å². The summed E-state index contributed by atoms with van der Waals surface area (Å²) >= 11 is 1.84. The van der Waals surface area contributed by atoms with Crippen LogP contribution in [-0.2, 0) is 0 Å². The number of fused-ring (bicyclic) bond motifs is 8. The van der Waals surface area contributed by atoms with Gasteiger partial charge in [-0.05, 0) is 40.4 Å². The highest BCUT2D eigenvalue weighted by Crippen LogP contribution is 2.45. The molecule has 4 aromatic heterocycles. The largest absolute Gasteiger partial charge is 0.299 e. The first-order valence-corrected chi connectivity index (χ1v) is 11.6. The maximum atomic E-state index is 4.79. The van der Waals surface area contributed by atoms with Gasteiger partial charge in [-0.2, -0.15) is 0 Å². The van der Waals surface area contributed by atoms with E-state index in [2.05, 4.69) is 95.4 Å². The molecule has 0 bridgehead atoms. The molecule has 0 atom stereocenters. The van der Waals surface area contributed by atoms with E-state index in [9.17, 15) is 0 Å². The summed E-state index contributed by atoms with van der Waals surface area (Å²) in [6.45, 7) is 0. The lowest BCUT2D eigenvalue weighted by Gasteiger charge is -2.03. The fourth-order valence-electron chi connectivity index (χ4n) is 5.35. The lowest BCUT2D eigenvalue weighted by molar-refractivity contribution is 1.37. The summed E-state index contributed by atoms with van der Waals surface area (Å²) < 4.78 is 2.47. The Morgan fingerprint density at radius 3 is 2.19 bits per heavy atom. The zero-order valence-corrected chi connectivity index (χ0v) is 17.9. The minimum atomic E-state index is 1.07. The van der Waals surface area contributed by atoms with Gasteiger partial charge in [-0.3, -0.25) is 9.38 Å². The fraction of sp³-hybridized carbons (Fsp3) is 0. The van der Waals surface area contributed by atoms with Gasteiger partial charge in [0.1, 0.15) is 4.83 Å². The summed E-state index contributed by atoms with van der Waals surface area (Å²) in [5, 5.41) is 10.3. The van der Waals surface area contributed by atoms with Crippen LogP contribution in [0.4, 0.5) is 0 Å². The number of thiophene rings is 1. The Balaban J connectivity index is 1.54. The average molecular weight is 425 g/mol. The summed E-state index contributed by atoms with van der Waals surface area (Å²) in [5.41, 5.74) is 3.68. The first-order valence-electron chi connectivity index (χ1n) is 10.8. The SMILES string of the molecule is c1ccc2cc3c(cc2c1)c1cccc2c4cc(-c5nccc6ccccc56)sc4n3c12. The maximum absolute atomic E-state index is 4.79. The van der Waals surface area contributed by atoms with E-state index in [-0.39, 0.29) is 0 Å². The highest BCUT2D eigenvalue weighted by molar-refractivity contribution is 7.22. The molecule has 3 heteroatoms. The number of hydrogen-bond acceptors (Lipinski definition) is 2. The molecule has 0 saturated heterocycles. The predicted octanol–water partition coefficient (Wildman–Crippen LogP) is 8.27. The van der Waals surface area contributed by atoms with Crippen LogP contribution >= 0.6 is 11.3 Å². The predicted molar refractivity (Wildman–Crippen MR) is 137 cm³/mol.